The van der Waals surface area contributed by atoms with E-state index < -0.39 is 0 Å². The average molecular weight is 289 g/mol. The standard InChI is InChI=1S/C17H27N3O/c1-18(2)9-5-10-19-11-6-12-20-15-8-4-3-7-14(15)13-16(20)17(19)21/h3-4,7-8,16-17,21H,5-6,9-13H2,1-2H3. The van der Waals surface area contributed by atoms with Gasteiger partial charge in [0, 0.05) is 25.3 Å². The van der Waals surface area contributed by atoms with Crippen molar-refractivity contribution in [3.8, 4) is 0 Å². The summed E-state index contributed by atoms with van der Waals surface area (Å²) in [7, 11) is 4.21. The summed E-state index contributed by atoms with van der Waals surface area (Å²) in [5.74, 6) is 0. The molecule has 0 spiro atoms. The molecule has 1 aromatic rings. The van der Waals surface area contributed by atoms with Crippen molar-refractivity contribution in [1.29, 1.82) is 0 Å². The van der Waals surface area contributed by atoms with Crippen molar-refractivity contribution in [2.75, 3.05) is 45.2 Å². The van der Waals surface area contributed by atoms with E-state index in [-0.39, 0.29) is 12.3 Å². The summed E-state index contributed by atoms with van der Waals surface area (Å²) in [5.41, 5.74) is 2.72. The van der Waals surface area contributed by atoms with Gasteiger partial charge in [0.2, 0.25) is 0 Å². The highest BCUT2D eigenvalue weighted by Gasteiger charge is 2.38. The predicted octanol–water partition coefficient (Wildman–Crippen LogP) is 1.39. The molecule has 2 aliphatic heterocycles. The second-order valence-corrected chi connectivity index (χ2v) is 6.55. The number of para-hydroxylation sites is 1. The van der Waals surface area contributed by atoms with E-state index in [0.717, 1.165) is 45.4 Å². The second kappa shape index (κ2) is 6.34. The molecule has 0 amide bonds. The summed E-state index contributed by atoms with van der Waals surface area (Å²) in [4.78, 5) is 6.91. The fraction of sp³-hybridized carbons (Fsp3) is 0.647. The third-order valence-corrected chi connectivity index (χ3v) is 4.74. The molecule has 116 valence electrons. The monoisotopic (exact) mass is 289 g/mol. The van der Waals surface area contributed by atoms with Crippen LogP contribution in [0.25, 0.3) is 0 Å². The second-order valence-electron chi connectivity index (χ2n) is 6.55. The molecule has 0 aliphatic carbocycles. The highest BCUT2D eigenvalue weighted by atomic mass is 16.3. The first-order valence-electron chi connectivity index (χ1n) is 8.08. The number of rotatable bonds is 4. The molecule has 2 aliphatic rings. The van der Waals surface area contributed by atoms with Crippen molar-refractivity contribution in [3.63, 3.8) is 0 Å². The topological polar surface area (TPSA) is 30.0 Å². The Hall–Kier alpha value is -1.10. The van der Waals surface area contributed by atoms with Crippen molar-refractivity contribution in [2.24, 2.45) is 0 Å². The van der Waals surface area contributed by atoms with Gasteiger partial charge in [0.15, 0.2) is 0 Å². The van der Waals surface area contributed by atoms with Gasteiger partial charge in [-0.05, 0) is 51.5 Å². The first-order chi connectivity index (χ1) is 10.2. The van der Waals surface area contributed by atoms with Crippen LogP contribution in [0.1, 0.15) is 18.4 Å². The van der Waals surface area contributed by atoms with Crippen LogP contribution in [0.15, 0.2) is 24.3 Å². The third-order valence-electron chi connectivity index (χ3n) is 4.74. The van der Waals surface area contributed by atoms with Gasteiger partial charge in [0.25, 0.3) is 0 Å². The molecule has 2 unspecified atom stereocenters. The number of fused-ring (bicyclic) bond motifs is 3. The molecule has 1 saturated heterocycles. The Balaban J connectivity index is 1.68. The molecular formula is C17H27N3O. The van der Waals surface area contributed by atoms with E-state index in [2.05, 4.69) is 53.1 Å². The van der Waals surface area contributed by atoms with Crippen LogP contribution in [0.4, 0.5) is 5.69 Å². The highest BCUT2D eigenvalue weighted by Crippen LogP contribution is 2.35. The van der Waals surface area contributed by atoms with Crippen LogP contribution in [0.5, 0.6) is 0 Å². The fourth-order valence-corrected chi connectivity index (χ4v) is 3.68. The van der Waals surface area contributed by atoms with E-state index in [1.807, 2.05) is 0 Å². The van der Waals surface area contributed by atoms with E-state index in [0.29, 0.717) is 0 Å². The van der Waals surface area contributed by atoms with Crippen LogP contribution in [0, 0.1) is 0 Å². The van der Waals surface area contributed by atoms with Crippen molar-refractivity contribution < 1.29 is 5.11 Å². The van der Waals surface area contributed by atoms with Crippen LogP contribution in [-0.2, 0) is 6.42 Å². The quantitative estimate of drug-likeness (QED) is 0.907. The van der Waals surface area contributed by atoms with E-state index in [4.69, 9.17) is 0 Å². The molecular weight excluding hydrogens is 262 g/mol. The van der Waals surface area contributed by atoms with Crippen molar-refractivity contribution in [2.45, 2.75) is 31.5 Å². The zero-order chi connectivity index (χ0) is 14.8. The molecule has 0 radical (unpaired) electrons. The minimum atomic E-state index is -0.345. The Morgan fingerprint density at radius 3 is 2.86 bits per heavy atom. The fourth-order valence-electron chi connectivity index (χ4n) is 3.68. The molecule has 2 heterocycles. The number of benzene rings is 1. The normalized spacial score (nSPS) is 25.8. The van der Waals surface area contributed by atoms with Crippen LogP contribution in [0.3, 0.4) is 0 Å². The average Bonchev–Trinajstić information content (AvgIpc) is 2.76. The number of hydrogen-bond donors (Lipinski definition) is 1. The van der Waals surface area contributed by atoms with Crippen LogP contribution >= 0.6 is 0 Å². The molecule has 1 aromatic carbocycles. The van der Waals surface area contributed by atoms with E-state index in [1.165, 1.54) is 11.3 Å². The zero-order valence-electron chi connectivity index (χ0n) is 13.2. The number of hydrogen-bond acceptors (Lipinski definition) is 4. The van der Waals surface area contributed by atoms with Gasteiger partial charge in [-0.25, -0.2) is 0 Å². The third kappa shape index (κ3) is 3.07. The lowest BCUT2D eigenvalue weighted by atomic mass is 10.1. The molecule has 2 atom stereocenters. The highest BCUT2D eigenvalue weighted by molar-refractivity contribution is 5.59. The van der Waals surface area contributed by atoms with E-state index in [1.54, 1.807) is 0 Å². The smallest absolute Gasteiger partial charge is 0.128 e. The first-order valence-corrected chi connectivity index (χ1v) is 8.08. The molecule has 1 N–H and O–H groups in total. The maximum absolute atomic E-state index is 10.8. The molecule has 4 heteroatoms. The lowest BCUT2D eigenvalue weighted by Gasteiger charge is -2.33. The van der Waals surface area contributed by atoms with Gasteiger partial charge in [0.1, 0.15) is 6.23 Å². The van der Waals surface area contributed by atoms with Crippen molar-refractivity contribution in [1.82, 2.24) is 9.80 Å². The van der Waals surface area contributed by atoms with Gasteiger partial charge in [-0.1, -0.05) is 18.2 Å². The SMILES string of the molecule is CN(C)CCCN1CCCN2c3ccccc3CC2C1O. The maximum Gasteiger partial charge on any atom is 0.128 e. The number of nitrogens with zero attached hydrogens (tertiary/aromatic N) is 3. The van der Waals surface area contributed by atoms with Gasteiger partial charge >= 0.3 is 0 Å². The van der Waals surface area contributed by atoms with Crippen LogP contribution < -0.4 is 4.90 Å². The molecule has 21 heavy (non-hydrogen) atoms. The van der Waals surface area contributed by atoms with Crippen molar-refractivity contribution in [3.05, 3.63) is 29.8 Å². The van der Waals surface area contributed by atoms with Gasteiger partial charge in [-0.2, -0.15) is 0 Å². The van der Waals surface area contributed by atoms with Gasteiger partial charge in [-0.3, -0.25) is 4.90 Å². The van der Waals surface area contributed by atoms with Crippen molar-refractivity contribution >= 4 is 5.69 Å². The first kappa shape index (κ1) is 14.8. The summed E-state index contributed by atoms with van der Waals surface area (Å²) in [5, 5.41) is 10.8. The van der Waals surface area contributed by atoms with Gasteiger partial charge < -0.3 is 14.9 Å². The Kier molecular flexibility index (Phi) is 4.48. The summed E-state index contributed by atoms with van der Waals surface area (Å²) >= 11 is 0. The molecule has 0 saturated carbocycles. The van der Waals surface area contributed by atoms with Crippen LogP contribution in [-0.4, -0.2) is 67.5 Å². The van der Waals surface area contributed by atoms with Crippen LogP contribution in [0.2, 0.25) is 0 Å². The Bertz CT molecular complexity index is 477. The number of aliphatic hydroxyl groups is 1. The maximum atomic E-state index is 10.8. The largest absolute Gasteiger partial charge is 0.376 e. The number of anilines is 1. The molecule has 4 nitrogen and oxygen atoms in total. The Morgan fingerprint density at radius 1 is 1.24 bits per heavy atom. The molecule has 1 fully saturated rings. The van der Waals surface area contributed by atoms with Gasteiger partial charge in [-0.15, -0.1) is 0 Å². The minimum absolute atomic E-state index is 0.226. The lowest BCUT2D eigenvalue weighted by Crippen LogP contribution is -2.48. The predicted molar refractivity (Wildman–Crippen MR) is 86.6 cm³/mol. The summed E-state index contributed by atoms with van der Waals surface area (Å²) in [6, 6.07) is 8.83. The molecule has 3 rings (SSSR count). The summed E-state index contributed by atoms with van der Waals surface area (Å²) in [6.07, 6.45) is 2.87. The van der Waals surface area contributed by atoms with Gasteiger partial charge in [0.05, 0.1) is 6.04 Å². The minimum Gasteiger partial charge on any atom is -0.376 e. The molecule has 0 aromatic heterocycles. The number of aliphatic hydroxyl groups excluding tert-OH is 1. The Labute approximate surface area is 128 Å². The van der Waals surface area contributed by atoms with E-state index in [9.17, 15) is 5.11 Å². The van der Waals surface area contributed by atoms with E-state index >= 15 is 0 Å². The lowest BCUT2D eigenvalue weighted by molar-refractivity contribution is -0.00852. The summed E-state index contributed by atoms with van der Waals surface area (Å²) < 4.78 is 0. The Morgan fingerprint density at radius 2 is 2.05 bits per heavy atom. The zero-order valence-corrected chi connectivity index (χ0v) is 13.2. The summed E-state index contributed by atoms with van der Waals surface area (Å²) in [6.45, 7) is 4.13. The molecule has 0 bridgehead atoms.